The first-order chi connectivity index (χ1) is 13.0. The van der Waals surface area contributed by atoms with Gasteiger partial charge in [-0.1, -0.05) is 73.5 Å². The third-order valence-corrected chi connectivity index (χ3v) is 5.88. The van der Waals surface area contributed by atoms with Gasteiger partial charge >= 0.3 is 0 Å². The highest BCUT2D eigenvalue weighted by Gasteiger charge is 2.39. The fourth-order valence-electron chi connectivity index (χ4n) is 4.82. The first-order valence-electron chi connectivity index (χ1n) is 9.58. The van der Waals surface area contributed by atoms with Crippen LogP contribution in [0.25, 0.3) is 33.3 Å². The van der Waals surface area contributed by atoms with Crippen LogP contribution in [0.4, 0.5) is 0 Å². The van der Waals surface area contributed by atoms with E-state index < -0.39 is 0 Å². The summed E-state index contributed by atoms with van der Waals surface area (Å²) >= 11 is 0. The molecule has 3 aromatic carbocycles. The van der Waals surface area contributed by atoms with E-state index in [0.29, 0.717) is 0 Å². The third-order valence-electron chi connectivity index (χ3n) is 5.88. The summed E-state index contributed by atoms with van der Waals surface area (Å²) in [6, 6.07) is 24.1. The molecule has 5 rings (SSSR count). The fraction of sp³-hybridized carbons (Fsp3) is 0.192. The minimum absolute atomic E-state index is 0.0396. The molecule has 0 amide bonds. The number of fused-ring (bicyclic) bond motifs is 5. The Morgan fingerprint density at radius 1 is 0.778 bits per heavy atom. The summed E-state index contributed by atoms with van der Waals surface area (Å²) in [5.74, 6) is 0. The molecular formula is C26H23N. The summed E-state index contributed by atoms with van der Waals surface area (Å²) in [7, 11) is 0. The van der Waals surface area contributed by atoms with Crippen LogP contribution in [0, 0.1) is 13.8 Å². The topological polar surface area (TPSA) is 12.9 Å². The van der Waals surface area contributed by atoms with Crippen molar-refractivity contribution < 1.29 is 0 Å². The molecule has 0 saturated heterocycles. The first kappa shape index (κ1) is 16.3. The van der Waals surface area contributed by atoms with Crippen LogP contribution in [-0.2, 0) is 5.41 Å². The van der Waals surface area contributed by atoms with E-state index in [2.05, 4.69) is 94.4 Å². The van der Waals surface area contributed by atoms with Gasteiger partial charge in [-0.05, 0) is 48.7 Å². The van der Waals surface area contributed by atoms with Gasteiger partial charge in [-0.15, -0.1) is 0 Å². The van der Waals surface area contributed by atoms with Crippen molar-refractivity contribution in [2.75, 3.05) is 0 Å². The monoisotopic (exact) mass is 349 g/mol. The minimum Gasteiger partial charge on any atom is -0.247 e. The minimum atomic E-state index is -0.0396. The summed E-state index contributed by atoms with van der Waals surface area (Å²) in [6.45, 7) is 9.01. The summed E-state index contributed by atoms with van der Waals surface area (Å²) < 4.78 is 0. The summed E-state index contributed by atoms with van der Waals surface area (Å²) in [5.41, 5.74) is 11.3. The van der Waals surface area contributed by atoms with Crippen LogP contribution in [0.1, 0.15) is 36.1 Å². The molecule has 0 N–H and O–H groups in total. The molecule has 0 aliphatic heterocycles. The van der Waals surface area contributed by atoms with Crippen LogP contribution in [0.5, 0.6) is 0 Å². The average molecular weight is 349 g/mol. The third kappa shape index (κ3) is 2.28. The van der Waals surface area contributed by atoms with Crippen molar-refractivity contribution in [3.63, 3.8) is 0 Å². The Bertz CT molecular complexity index is 1190. The Morgan fingerprint density at radius 3 is 2.22 bits per heavy atom. The largest absolute Gasteiger partial charge is 0.247 e. The lowest BCUT2D eigenvalue weighted by Crippen LogP contribution is -2.15. The highest BCUT2D eigenvalue weighted by molar-refractivity contribution is 6.01. The van der Waals surface area contributed by atoms with Crippen LogP contribution >= 0.6 is 0 Å². The Balaban J connectivity index is 1.98. The lowest BCUT2D eigenvalue weighted by Gasteiger charge is -2.23. The van der Waals surface area contributed by atoms with Gasteiger partial charge in [-0.25, -0.2) is 4.98 Å². The molecule has 4 aromatic rings. The van der Waals surface area contributed by atoms with Crippen molar-refractivity contribution in [2.24, 2.45) is 0 Å². The van der Waals surface area contributed by atoms with Gasteiger partial charge in [0.05, 0.1) is 11.2 Å². The fourth-order valence-corrected chi connectivity index (χ4v) is 4.82. The van der Waals surface area contributed by atoms with Crippen LogP contribution in [0.15, 0.2) is 66.7 Å². The number of benzene rings is 3. The number of aryl methyl sites for hydroxylation is 2. The number of hydrogen-bond acceptors (Lipinski definition) is 1. The van der Waals surface area contributed by atoms with Gasteiger partial charge in [-0.2, -0.15) is 0 Å². The predicted octanol–water partition coefficient (Wildman–Crippen LogP) is 6.82. The molecule has 132 valence electrons. The Morgan fingerprint density at radius 2 is 1.44 bits per heavy atom. The zero-order valence-corrected chi connectivity index (χ0v) is 16.3. The molecule has 0 saturated carbocycles. The molecule has 1 nitrogen and oxygen atoms in total. The maximum atomic E-state index is 5.16. The zero-order chi connectivity index (χ0) is 18.8. The maximum Gasteiger partial charge on any atom is 0.0791 e. The summed E-state index contributed by atoms with van der Waals surface area (Å²) in [5, 5.41) is 1.27. The Labute approximate surface area is 160 Å². The lowest BCUT2D eigenvalue weighted by molar-refractivity contribution is 0.666. The van der Waals surface area contributed by atoms with Crippen molar-refractivity contribution in [3.8, 4) is 22.4 Å². The molecular weight excluding hydrogens is 326 g/mol. The van der Waals surface area contributed by atoms with Gasteiger partial charge in [0.25, 0.3) is 0 Å². The van der Waals surface area contributed by atoms with Gasteiger partial charge in [0.2, 0.25) is 0 Å². The van der Waals surface area contributed by atoms with E-state index in [1.54, 1.807) is 0 Å². The number of hydrogen-bond donors (Lipinski definition) is 0. The normalized spacial score (nSPS) is 14.2. The predicted molar refractivity (Wildman–Crippen MR) is 114 cm³/mol. The van der Waals surface area contributed by atoms with E-state index in [0.717, 1.165) is 11.2 Å². The second kappa shape index (κ2) is 5.53. The van der Waals surface area contributed by atoms with Crippen LogP contribution in [0.3, 0.4) is 0 Å². The summed E-state index contributed by atoms with van der Waals surface area (Å²) in [4.78, 5) is 5.16. The van der Waals surface area contributed by atoms with Crippen LogP contribution in [0.2, 0.25) is 0 Å². The molecule has 0 radical (unpaired) electrons. The van der Waals surface area contributed by atoms with Crippen molar-refractivity contribution in [1.82, 2.24) is 4.98 Å². The molecule has 1 aromatic heterocycles. The highest BCUT2D eigenvalue weighted by Crippen LogP contribution is 2.53. The summed E-state index contributed by atoms with van der Waals surface area (Å²) in [6.07, 6.45) is 0. The van der Waals surface area contributed by atoms with Crippen LogP contribution in [-0.4, -0.2) is 4.98 Å². The molecule has 27 heavy (non-hydrogen) atoms. The van der Waals surface area contributed by atoms with Gasteiger partial charge in [0.15, 0.2) is 0 Å². The SMILES string of the molecule is Cc1cc(C)cc(-c2nc3ccccc3c3c2-c2ccccc2C3(C)C)c1. The van der Waals surface area contributed by atoms with E-state index in [1.165, 1.54) is 44.3 Å². The molecule has 0 unspecified atom stereocenters. The Kier molecular flexibility index (Phi) is 3.33. The number of nitrogens with zero attached hydrogens (tertiary/aromatic N) is 1. The van der Waals surface area contributed by atoms with Crippen molar-refractivity contribution in [3.05, 3.63) is 89.0 Å². The smallest absolute Gasteiger partial charge is 0.0791 e. The maximum absolute atomic E-state index is 5.16. The molecule has 1 aliphatic carbocycles. The van der Waals surface area contributed by atoms with Crippen LogP contribution < -0.4 is 0 Å². The van der Waals surface area contributed by atoms with E-state index in [9.17, 15) is 0 Å². The molecule has 1 aliphatic rings. The van der Waals surface area contributed by atoms with Gasteiger partial charge in [0, 0.05) is 21.9 Å². The molecule has 0 spiro atoms. The van der Waals surface area contributed by atoms with Crippen molar-refractivity contribution in [1.29, 1.82) is 0 Å². The van der Waals surface area contributed by atoms with E-state index in [-0.39, 0.29) is 5.41 Å². The lowest BCUT2D eigenvalue weighted by atomic mass is 9.80. The molecule has 1 heteroatoms. The quantitative estimate of drug-likeness (QED) is 0.367. The van der Waals surface area contributed by atoms with Gasteiger partial charge in [-0.3, -0.25) is 0 Å². The number of aromatic nitrogens is 1. The van der Waals surface area contributed by atoms with Crippen molar-refractivity contribution >= 4 is 10.9 Å². The van der Waals surface area contributed by atoms with E-state index in [4.69, 9.17) is 4.98 Å². The molecule has 0 fully saturated rings. The van der Waals surface area contributed by atoms with E-state index >= 15 is 0 Å². The van der Waals surface area contributed by atoms with E-state index in [1.807, 2.05) is 0 Å². The number of pyridine rings is 1. The molecule has 1 heterocycles. The average Bonchev–Trinajstić information content (AvgIpc) is 2.89. The van der Waals surface area contributed by atoms with Gasteiger partial charge in [0.1, 0.15) is 0 Å². The second-order valence-electron chi connectivity index (χ2n) is 8.27. The number of rotatable bonds is 1. The first-order valence-corrected chi connectivity index (χ1v) is 9.58. The molecule has 0 bridgehead atoms. The highest BCUT2D eigenvalue weighted by atomic mass is 14.7. The van der Waals surface area contributed by atoms with Crippen molar-refractivity contribution in [2.45, 2.75) is 33.1 Å². The standard InChI is InChI=1S/C26H23N/c1-16-13-17(2)15-18(14-16)25-23-19-9-5-7-11-21(19)26(3,4)24(23)20-10-6-8-12-22(20)27-25/h5-15H,1-4H3. The zero-order valence-electron chi connectivity index (χ0n) is 16.3. The number of para-hydroxylation sites is 1. The Hall–Kier alpha value is -2.93. The molecule has 0 atom stereocenters. The van der Waals surface area contributed by atoms with Gasteiger partial charge < -0.3 is 0 Å². The second-order valence-corrected chi connectivity index (χ2v) is 8.27.